The number of ketones is 1. The topological polar surface area (TPSA) is 73.0 Å². The summed E-state index contributed by atoms with van der Waals surface area (Å²) >= 11 is 0. The molecule has 3 aromatic carbocycles. The number of rotatable bonds is 4. The average molecular weight is 608 g/mol. The number of benzene rings is 3. The first-order chi connectivity index (χ1) is 14.9. The molecule has 32 heavy (non-hydrogen) atoms. The number of nitrogens with zero attached hydrogens (tertiary/aromatic N) is 1. The molecule has 0 fully saturated rings. The van der Waals surface area contributed by atoms with Crippen LogP contribution in [0.5, 0.6) is 11.5 Å². The van der Waals surface area contributed by atoms with Gasteiger partial charge in [0.05, 0.1) is 44.5 Å². The molecule has 5 nitrogen and oxygen atoms in total. The van der Waals surface area contributed by atoms with E-state index in [1.54, 1.807) is 20.3 Å². The number of carbonyl (C=O) groups excluding carboxylic acids is 1. The Morgan fingerprint density at radius 1 is 0.969 bits per heavy atom. The Kier molecular flexibility index (Phi) is 8.94. The van der Waals surface area contributed by atoms with E-state index in [1.165, 1.54) is 36.1 Å². The second kappa shape index (κ2) is 11.4. The van der Waals surface area contributed by atoms with Crippen molar-refractivity contribution in [2.24, 2.45) is 0 Å². The van der Waals surface area contributed by atoms with Crippen LogP contribution in [-0.2, 0) is 20.1 Å². The van der Waals surface area contributed by atoms with Gasteiger partial charge in [-0.2, -0.15) is 0 Å². The number of ether oxygens (including phenoxy) is 2. The van der Waals surface area contributed by atoms with Crippen LogP contribution in [0.15, 0.2) is 72.6 Å². The molecule has 0 spiro atoms. The van der Waals surface area contributed by atoms with E-state index in [4.69, 9.17) is 19.4 Å². The van der Waals surface area contributed by atoms with Crippen LogP contribution in [0, 0.1) is 6.07 Å². The Morgan fingerprint density at radius 2 is 1.69 bits per heavy atom. The van der Waals surface area contributed by atoms with Crippen LogP contribution in [0.25, 0.3) is 32.8 Å². The van der Waals surface area contributed by atoms with Gasteiger partial charge in [0.2, 0.25) is 0 Å². The predicted octanol–water partition coefficient (Wildman–Crippen LogP) is 5.88. The van der Waals surface area contributed by atoms with Gasteiger partial charge in [-0.25, -0.2) is 0 Å². The van der Waals surface area contributed by atoms with Gasteiger partial charge >= 0.3 is 5.78 Å². The molecule has 0 saturated heterocycles. The van der Waals surface area contributed by atoms with Crippen LogP contribution in [0.1, 0.15) is 13.8 Å². The first-order valence-corrected chi connectivity index (χ1v) is 9.75. The molecule has 0 aliphatic rings. The van der Waals surface area contributed by atoms with Crippen molar-refractivity contribution < 1.29 is 39.5 Å². The fraction of sp³-hybridized carbons (Fsp3) is 0.154. The zero-order valence-electron chi connectivity index (χ0n) is 18.3. The van der Waals surface area contributed by atoms with Gasteiger partial charge < -0.3 is 19.6 Å². The summed E-state index contributed by atoms with van der Waals surface area (Å²) in [6.07, 6.45) is 3.12. The Balaban J connectivity index is 0.000000398. The Bertz CT molecular complexity index is 1260. The molecule has 1 heterocycles. The van der Waals surface area contributed by atoms with Gasteiger partial charge in [-0.15, -0.1) is 17.7 Å². The summed E-state index contributed by atoms with van der Waals surface area (Å²) in [4.78, 5) is 13.0. The molecule has 0 unspecified atom stereocenters. The van der Waals surface area contributed by atoms with Crippen LogP contribution in [0.3, 0.4) is 0 Å². The maximum absolute atomic E-state index is 8.40. The molecule has 1 aromatic heterocycles. The van der Waals surface area contributed by atoms with E-state index in [0.717, 1.165) is 16.6 Å². The average Bonchev–Trinajstić information content (AvgIpc) is 2.77. The van der Waals surface area contributed by atoms with Gasteiger partial charge in [0.15, 0.2) is 0 Å². The zero-order chi connectivity index (χ0) is 22.4. The fourth-order valence-corrected chi connectivity index (χ4v) is 3.37. The number of aliphatic hydroxyl groups excluding tert-OH is 1. The molecule has 4 rings (SSSR count). The quantitative estimate of drug-likeness (QED) is 0.103. The van der Waals surface area contributed by atoms with Crippen LogP contribution < -0.4 is 9.47 Å². The summed E-state index contributed by atoms with van der Waals surface area (Å²) in [7, 11) is 3.25. The molecule has 4 aromatic rings. The van der Waals surface area contributed by atoms with Crippen LogP contribution in [-0.4, -0.2) is 34.9 Å². The Morgan fingerprint density at radius 3 is 2.31 bits per heavy atom. The molecular formula is C26H25IrNO4. The second-order valence-electron chi connectivity index (χ2n) is 6.95. The van der Waals surface area contributed by atoms with Gasteiger partial charge in [0.1, 0.15) is 0 Å². The molecule has 167 valence electrons. The number of allylic oxidation sites excluding steroid dienone is 2. The smallest absolute Gasteiger partial charge is 0.316 e. The third kappa shape index (κ3) is 5.72. The minimum Gasteiger partial charge on any atom is -0.536 e. The molecular weight excluding hydrogens is 583 g/mol. The molecule has 1 radical (unpaired) electrons. The number of hydrogen-bond donors (Lipinski definition) is 1. The van der Waals surface area contributed by atoms with Gasteiger partial charge in [0, 0.05) is 26.3 Å². The molecule has 0 aliphatic heterocycles. The summed E-state index contributed by atoms with van der Waals surface area (Å²) in [5, 5.41) is 13.1. The van der Waals surface area contributed by atoms with Crippen molar-refractivity contribution in [3.05, 3.63) is 78.7 Å². The summed E-state index contributed by atoms with van der Waals surface area (Å²) in [5.41, 5.74) is 1.77. The van der Waals surface area contributed by atoms with E-state index in [-0.39, 0.29) is 31.6 Å². The third-order valence-corrected chi connectivity index (χ3v) is 4.66. The number of aromatic nitrogens is 1. The van der Waals surface area contributed by atoms with Crippen molar-refractivity contribution in [2.45, 2.75) is 13.8 Å². The van der Waals surface area contributed by atoms with Crippen molar-refractivity contribution in [1.82, 2.24) is 4.98 Å². The largest absolute Gasteiger partial charge is 0.536 e. The first-order valence-electron chi connectivity index (χ1n) is 9.75. The van der Waals surface area contributed by atoms with E-state index in [2.05, 4.69) is 53.5 Å². The normalized spacial score (nSPS) is 10.7. The van der Waals surface area contributed by atoms with Gasteiger partial charge in [-0.05, 0) is 40.2 Å². The number of aliphatic hydroxyl groups is 1. The van der Waals surface area contributed by atoms with Crippen molar-refractivity contribution in [2.75, 3.05) is 14.2 Å². The molecule has 0 amide bonds. The Hall–Kier alpha value is -3.21. The van der Waals surface area contributed by atoms with E-state index in [1.807, 2.05) is 12.3 Å². The van der Waals surface area contributed by atoms with Gasteiger partial charge in [-0.1, -0.05) is 42.5 Å². The molecule has 0 atom stereocenters. The van der Waals surface area contributed by atoms with Crippen LogP contribution >= 0.6 is 0 Å². The molecule has 2 N–H and O–H groups in total. The van der Waals surface area contributed by atoms with Crippen molar-refractivity contribution in [1.29, 1.82) is 0 Å². The minimum absolute atomic E-state index is 0. The zero-order valence-corrected chi connectivity index (χ0v) is 20.7. The summed E-state index contributed by atoms with van der Waals surface area (Å²) in [6.45, 7) is 3.00. The number of pyridine rings is 1. The summed E-state index contributed by atoms with van der Waals surface area (Å²) in [5.74, 6) is 1.58. The molecule has 0 aliphatic carbocycles. The Labute approximate surface area is 201 Å². The summed E-state index contributed by atoms with van der Waals surface area (Å²) < 4.78 is 10.7. The monoisotopic (exact) mass is 608 g/mol. The van der Waals surface area contributed by atoms with E-state index >= 15 is 0 Å². The second-order valence-corrected chi connectivity index (χ2v) is 6.95. The minimum atomic E-state index is 0. The maximum Gasteiger partial charge on any atom is 0.316 e. The summed E-state index contributed by atoms with van der Waals surface area (Å²) in [6, 6.07) is 21.6. The van der Waals surface area contributed by atoms with Crippen LogP contribution in [0.2, 0.25) is 0 Å². The molecule has 0 saturated carbocycles. The van der Waals surface area contributed by atoms with Crippen molar-refractivity contribution >= 4 is 27.3 Å². The molecule has 6 heteroatoms. The predicted molar refractivity (Wildman–Crippen MR) is 126 cm³/mol. The van der Waals surface area contributed by atoms with E-state index < -0.39 is 0 Å². The van der Waals surface area contributed by atoms with E-state index in [0.29, 0.717) is 11.5 Å². The molecule has 0 bridgehead atoms. The SMILES string of the molecule is CC(=[OH+])/C=C(/C)O.COc1c[c-]c(-c2nccc3c2ccc2ccccc23)cc1OC.[Ir]. The van der Waals surface area contributed by atoms with Gasteiger partial charge in [0.25, 0.3) is 0 Å². The van der Waals surface area contributed by atoms with Crippen molar-refractivity contribution in [3.8, 4) is 22.8 Å². The number of fused-ring (bicyclic) bond motifs is 3. The van der Waals surface area contributed by atoms with Crippen LogP contribution in [0.4, 0.5) is 0 Å². The van der Waals surface area contributed by atoms with Crippen molar-refractivity contribution in [3.63, 3.8) is 0 Å². The standard InChI is InChI=1S/C21H16NO2.C5H8O2.Ir/c1-23-19-10-8-15(13-20(19)24-2)21-18-9-7-14-5-3-4-6-16(14)17(18)11-12-22-21;1-4(6)3-5(2)7;/h3-7,9-13H,1-2H3;3,6H,1-2H3;/q-1;;/p+1/b;4-3-;. The third-order valence-electron chi connectivity index (χ3n) is 4.66. The number of methoxy groups -OCH3 is 2. The number of hydrogen-bond acceptors (Lipinski definition) is 4. The first kappa shape index (κ1) is 25.1. The fourth-order valence-electron chi connectivity index (χ4n) is 3.37. The maximum atomic E-state index is 8.40. The van der Waals surface area contributed by atoms with Gasteiger partial charge in [-0.3, -0.25) is 4.79 Å². The van der Waals surface area contributed by atoms with E-state index in [9.17, 15) is 0 Å².